The number of aryl methyl sites for hydroxylation is 1. The monoisotopic (exact) mass is 568 g/mol. The summed E-state index contributed by atoms with van der Waals surface area (Å²) in [6.45, 7) is 4.93. The van der Waals surface area contributed by atoms with E-state index in [9.17, 15) is 16.8 Å². The van der Waals surface area contributed by atoms with E-state index < -0.39 is 26.2 Å². The number of amidine groups is 1. The highest BCUT2D eigenvalue weighted by Gasteiger charge is 2.43. The first-order chi connectivity index (χ1) is 18.8. The Bertz CT molecular complexity index is 1510. The fourth-order valence-electron chi connectivity index (χ4n) is 4.86. The molecular formula is C28H32N4O5S2. The van der Waals surface area contributed by atoms with Gasteiger partial charge in [0.1, 0.15) is 12.0 Å². The second kappa shape index (κ2) is 11.6. The van der Waals surface area contributed by atoms with Crippen LogP contribution in [-0.2, 0) is 24.8 Å². The Morgan fingerprint density at radius 2 is 1.41 bits per heavy atom. The quantitative estimate of drug-likeness (QED) is 0.319. The van der Waals surface area contributed by atoms with Crippen LogP contribution in [0.5, 0.6) is 0 Å². The minimum absolute atomic E-state index is 0.0943. The van der Waals surface area contributed by atoms with Crippen molar-refractivity contribution in [1.82, 2.24) is 14.1 Å². The Balaban J connectivity index is 1.60. The van der Waals surface area contributed by atoms with Crippen molar-refractivity contribution in [3.05, 3.63) is 96.1 Å². The van der Waals surface area contributed by atoms with Crippen molar-refractivity contribution in [1.29, 1.82) is 0 Å². The summed E-state index contributed by atoms with van der Waals surface area (Å²) in [6.07, 6.45) is -0.760. The van der Waals surface area contributed by atoms with E-state index in [1.54, 1.807) is 54.6 Å². The van der Waals surface area contributed by atoms with Crippen LogP contribution in [0.15, 0.2) is 99.1 Å². The fraction of sp³-hybridized carbons (Fsp3) is 0.321. The number of nitrogens with zero attached hydrogens (tertiary/aromatic N) is 4. The molecule has 5 rings (SSSR count). The maximum atomic E-state index is 13.8. The second-order valence-corrected chi connectivity index (χ2v) is 13.1. The van der Waals surface area contributed by atoms with E-state index >= 15 is 0 Å². The molecule has 0 N–H and O–H groups in total. The molecule has 3 aromatic carbocycles. The zero-order valence-corrected chi connectivity index (χ0v) is 23.4. The molecule has 2 aliphatic rings. The number of morpholine rings is 1. The summed E-state index contributed by atoms with van der Waals surface area (Å²) in [5, 5.41) is 0. The molecule has 0 spiro atoms. The maximum Gasteiger partial charge on any atom is 0.283 e. The fourth-order valence-corrected chi connectivity index (χ4v) is 7.48. The molecule has 0 amide bonds. The zero-order chi connectivity index (χ0) is 27.5. The SMILES string of the molecule is Cc1ccc(S(=O)(=O)N=C(CN2CCOCC2)N2CCN(S(=O)(=O)c3ccccc3)[C@@H]2c2ccccc2)cc1. The molecule has 2 aliphatic heterocycles. The standard InChI is InChI=1S/C28H32N4O5S2/c1-23-12-14-25(15-13-23)38(33,34)29-27(22-30-18-20-37-21-19-30)31-16-17-32(28(31)24-8-4-2-5-9-24)39(35,36)26-10-6-3-7-11-26/h2-15,28H,16-22H2,1H3/t28-/m1/s1. The van der Waals surface area contributed by atoms with Gasteiger partial charge in [0.05, 0.1) is 29.5 Å². The summed E-state index contributed by atoms with van der Waals surface area (Å²) < 4.78 is 66.0. The number of rotatable bonds is 7. The normalized spacial score (nSPS) is 19.9. The van der Waals surface area contributed by atoms with Crippen molar-refractivity contribution in [2.24, 2.45) is 4.40 Å². The molecule has 11 heteroatoms. The summed E-state index contributed by atoms with van der Waals surface area (Å²) in [7, 11) is -7.94. The van der Waals surface area contributed by atoms with Crippen molar-refractivity contribution in [2.45, 2.75) is 22.9 Å². The first-order valence-electron chi connectivity index (χ1n) is 12.8. The van der Waals surface area contributed by atoms with Gasteiger partial charge < -0.3 is 9.64 Å². The van der Waals surface area contributed by atoms with Crippen molar-refractivity contribution < 1.29 is 21.6 Å². The number of ether oxygens (including phenoxy) is 1. The van der Waals surface area contributed by atoms with Crippen LogP contribution in [0.25, 0.3) is 0 Å². The van der Waals surface area contributed by atoms with Gasteiger partial charge >= 0.3 is 0 Å². The summed E-state index contributed by atoms with van der Waals surface area (Å²) in [5.74, 6) is 0.303. The van der Waals surface area contributed by atoms with Gasteiger partial charge in [0.15, 0.2) is 0 Å². The molecule has 3 aromatic rings. The lowest BCUT2D eigenvalue weighted by molar-refractivity contribution is 0.0438. The van der Waals surface area contributed by atoms with Gasteiger partial charge in [-0.1, -0.05) is 66.2 Å². The predicted octanol–water partition coefficient (Wildman–Crippen LogP) is 3.12. The van der Waals surface area contributed by atoms with Gasteiger partial charge in [-0.3, -0.25) is 4.90 Å². The van der Waals surface area contributed by atoms with Gasteiger partial charge in [-0.25, -0.2) is 8.42 Å². The first kappa shape index (κ1) is 27.5. The van der Waals surface area contributed by atoms with Gasteiger partial charge in [0, 0.05) is 26.2 Å². The summed E-state index contributed by atoms with van der Waals surface area (Å²) in [5.41, 5.74) is 1.67. The average molecular weight is 569 g/mol. The Morgan fingerprint density at radius 1 is 0.795 bits per heavy atom. The smallest absolute Gasteiger partial charge is 0.283 e. The molecule has 0 saturated carbocycles. The van der Waals surface area contributed by atoms with Gasteiger partial charge in [0.25, 0.3) is 10.0 Å². The van der Waals surface area contributed by atoms with Crippen LogP contribution in [0.2, 0.25) is 0 Å². The van der Waals surface area contributed by atoms with Crippen molar-refractivity contribution in [3.8, 4) is 0 Å². The van der Waals surface area contributed by atoms with Crippen LogP contribution in [-0.4, -0.2) is 82.7 Å². The van der Waals surface area contributed by atoms with Crippen LogP contribution in [0.3, 0.4) is 0 Å². The molecule has 0 unspecified atom stereocenters. The highest BCUT2D eigenvalue weighted by molar-refractivity contribution is 7.90. The van der Waals surface area contributed by atoms with E-state index in [0.29, 0.717) is 32.1 Å². The molecule has 2 saturated heterocycles. The Labute approximate surface area is 230 Å². The largest absolute Gasteiger partial charge is 0.379 e. The molecule has 9 nitrogen and oxygen atoms in total. The molecular weight excluding hydrogens is 536 g/mol. The minimum Gasteiger partial charge on any atom is -0.379 e. The third-order valence-corrected chi connectivity index (χ3v) is 10.1. The number of hydrogen-bond donors (Lipinski definition) is 0. The molecule has 2 fully saturated rings. The topological polar surface area (TPSA) is 99.6 Å². The number of benzene rings is 3. The number of hydrogen-bond acceptors (Lipinski definition) is 6. The molecule has 0 aromatic heterocycles. The van der Waals surface area contributed by atoms with Gasteiger partial charge in [-0.15, -0.1) is 4.40 Å². The van der Waals surface area contributed by atoms with Crippen molar-refractivity contribution in [2.75, 3.05) is 45.9 Å². The summed E-state index contributed by atoms with van der Waals surface area (Å²) in [6, 6.07) is 24.1. The van der Waals surface area contributed by atoms with Crippen LogP contribution < -0.4 is 0 Å². The molecule has 0 bridgehead atoms. The Morgan fingerprint density at radius 3 is 2.05 bits per heavy atom. The maximum absolute atomic E-state index is 13.8. The van der Waals surface area contributed by atoms with Gasteiger partial charge in [0.2, 0.25) is 10.0 Å². The van der Waals surface area contributed by atoms with Gasteiger partial charge in [-0.05, 0) is 36.8 Å². The molecule has 0 aliphatic carbocycles. The summed E-state index contributed by atoms with van der Waals surface area (Å²) in [4.78, 5) is 4.18. The lowest BCUT2D eigenvalue weighted by Gasteiger charge is -2.35. The van der Waals surface area contributed by atoms with Crippen LogP contribution in [0.4, 0.5) is 0 Å². The van der Waals surface area contributed by atoms with Crippen LogP contribution in [0, 0.1) is 6.92 Å². The highest BCUT2D eigenvalue weighted by Crippen LogP contribution is 2.35. The molecule has 206 valence electrons. The van der Waals surface area contributed by atoms with E-state index in [1.807, 2.05) is 42.2 Å². The van der Waals surface area contributed by atoms with E-state index in [2.05, 4.69) is 9.30 Å². The third kappa shape index (κ3) is 6.07. The molecule has 2 heterocycles. The van der Waals surface area contributed by atoms with Crippen molar-refractivity contribution >= 4 is 25.9 Å². The van der Waals surface area contributed by atoms with Crippen LogP contribution >= 0.6 is 0 Å². The van der Waals surface area contributed by atoms with E-state index in [1.165, 1.54) is 4.31 Å². The van der Waals surface area contributed by atoms with Gasteiger partial charge in [-0.2, -0.15) is 12.7 Å². The molecule has 39 heavy (non-hydrogen) atoms. The minimum atomic E-state index is -4.05. The second-order valence-electron chi connectivity index (χ2n) is 9.59. The van der Waals surface area contributed by atoms with E-state index in [4.69, 9.17) is 4.74 Å². The van der Waals surface area contributed by atoms with E-state index in [0.717, 1.165) is 11.1 Å². The van der Waals surface area contributed by atoms with Crippen molar-refractivity contribution in [3.63, 3.8) is 0 Å². The first-order valence-corrected chi connectivity index (χ1v) is 15.7. The predicted molar refractivity (Wildman–Crippen MR) is 149 cm³/mol. The highest BCUT2D eigenvalue weighted by atomic mass is 32.2. The lowest BCUT2D eigenvalue weighted by Crippen LogP contribution is -2.46. The average Bonchev–Trinajstić information content (AvgIpc) is 3.41. The number of sulfonamides is 2. The lowest BCUT2D eigenvalue weighted by atomic mass is 10.1. The molecule has 1 atom stereocenters. The van der Waals surface area contributed by atoms with E-state index in [-0.39, 0.29) is 29.4 Å². The third-order valence-electron chi connectivity index (χ3n) is 6.92. The van der Waals surface area contributed by atoms with Crippen LogP contribution in [0.1, 0.15) is 17.3 Å². The zero-order valence-electron chi connectivity index (χ0n) is 21.8. The Hall–Kier alpha value is -3.09. The molecule has 0 radical (unpaired) electrons. The Kier molecular flexibility index (Phi) is 8.15. The summed E-state index contributed by atoms with van der Waals surface area (Å²) >= 11 is 0.